The van der Waals surface area contributed by atoms with Crippen molar-refractivity contribution in [2.75, 3.05) is 6.54 Å². The molecule has 78 valence electrons. The van der Waals surface area contributed by atoms with Crippen molar-refractivity contribution < 1.29 is 19.7 Å². The van der Waals surface area contributed by atoms with Crippen LogP contribution in [0.15, 0.2) is 18.2 Å². The number of phenols is 1. The molecule has 14 heavy (non-hydrogen) atoms. The van der Waals surface area contributed by atoms with E-state index in [0.717, 1.165) is 6.07 Å². The number of hydrogen-bond acceptors (Lipinski definition) is 4. The van der Waals surface area contributed by atoms with Gasteiger partial charge in [-0.15, -0.1) is 0 Å². The molecular weight excluding hydrogens is 189 g/mol. The lowest BCUT2D eigenvalue weighted by Gasteiger charge is -2.17. The summed E-state index contributed by atoms with van der Waals surface area (Å²) in [6.45, 7) is -0.184. The average Bonchev–Trinajstić information content (AvgIpc) is 2.20. The van der Waals surface area contributed by atoms with Gasteiger partial charge in [-0.3, -0.25) is 0 Å². The second-order valence-corrected chi connectivity index (χ2v) is 2.93. The van der Waals surface area contributed by atoms with Crippen LogP contribution in [-0.2, 0) is 0 Å². The molecule has 0 aliphatic heterocycles. The third kappa shape index (κ3) is 2.01. The van der Waals surface area contributed by atoms with Crippen molar-refractivity contribution in [3.8, 4) is 5.75 Å². The molecule has 2 unspecified atom stereocenters. The largest absolute Gasteiger partial charge is 0.505 e. The van der Waals surface area contributed by atoms with E-state index in [9.17, 15) is 14.6 Å². The zero-order valence-corrected chi connectivity index (χ0v) is 7.39. The van der Waals surface area contributed by atoms with Crippen LogP contribution in [0.4, 0.5) is 4.39 Å². The number of aliphatic hydroxyl groups excluding tert-OH is 2. The minimum atomic E-state index is -1.42. The van der Waals surface area contributed by atoms with Gasteiger partial charge in [-0.05, 0) is 6.07 Å². The fourth-order valence-electron chi connectivity index (χ4n) is 1.10. The van der Waals surface area contributed by atoms with Crippen molar-refractivity contribution in [3.63, 3.8) is 0 Å². The highest BCUT2D eigenvalue weighted by Gasteiger charge is 2.21. The monoisotopic (exact) mass is 201 g/mol. The molecule has 1 aromatic rings. The molecule has 0 saturated heterocycles. The van der Waals surface area contributed by atoms with Crippen molar-refractivity contribution in [2.45, 2.75) is 12.2 Å². The molecule has 0 aliphatic rings. The number of phenolic OH excluding ortho intramolecular Hbond substituents is 1. The van der Waals surface area contributed by atoms with Crippen molar-refractivity contribution in [1.29, 1.82) is 0 Å². The van der Waals surface area contributed by atoms with Crippen molar-refractivity contribution in [2.24, 2.45) is 5.73 Å². The van der Waals surface area contributed by atoms with Crippen LogP contribution in [0.2, 0.25) is 0 Å². The molecule has 5 N–H and O–H groups in total. The Morgan fingerprint density at radius 2 is 2.00 bits per heavy atom. The van der Waals surface area contributed by atoms with E-state index in [2.05, 4.69) is 0 Å². The third-order valence-electron chi connectivity index (χ3n) is 1.93. The zero-order valence-electron chi connectivity index (χ0n) is 7.39. The number of nitrogens with two attached hydrogens (primary N) is 1. The highest BCUT2D eigenvalue weighted by atomic mass is 19.1. The Hall–Kier alpha value is -1.17. The Labute approximate surface area is 80.4 Å². The summed E-state index contributed by atoms with van der Waals surface area (Å²) in [4.78, 5) is 0. The number of benzene rings is 1. The molecule has 0 heterocycles. The Morgan fingerprint density at radius 3 is 2.57 bits per heavy atom. The van der Waals surface area contributed by atoms with E-state index < -0.39 is 23.8 Å². The van der Waals surface area contributed by atoms with Crippen LogP contribution < -0.4 is 5.73 Å². The molecule has 0 aliphatic carbocycles. The first-order valence-electron chi connectivity index (χ1n) is 4.11. The molecule has 5 heteroatoms. The zero-order chi connectivity index (χ0) is 10.7. The maximum absolute atomic E-state index is 13.2. The predicted molar refractivity (Wildman–Crippen MR) is 48.1 cm³/mol. The second kappa shape index (κ2) is 4.36. The molecule has 0 bridgehead atoms. The quantitative estimate of drug-likeness (QED) is 0.549. The summed E-state index contributed by atoms with van der Waals surface area (Å²) in [5.74, 6) is -1.50. The molecule has 0 saturated carbocycles. The second-order valence-electron chi connectivity index (χ2n) is 2.93. The molecule has 1 aromatic carbocycles. The van der Waals surface area contributed by atoms with Crippen LogP contribution in [0.25, 0.3) is 0 Å². The van der Waals surface area contributed by atoms with E-state index in [4.69, 9.17) is 10.8 Å². The van der Waals surface area contributed by atoms with Gasteiger partial charge >= 0.3 is 0 Å². The summed E-state index contributed by atoms with van der Waals surface area (Å²) in [5, 5.41) is 27.6. The van der Waals surface area contributed by atoms with Crippen LogP contribution in [0.5, 0.6) is 5.75 Å². The van der Waals surface area contributed by atoms with Gasteiger partial charge in [0.05, 0.1) is 6.10 Å². The molecule has 0 spiro atoms. The van der Waals surface area contributed by atoms with Gasteiger partial charge in [-0.1, -0.05) is 12.1 Å². The average molecular weight is 201 g/mol. The van der Waals surface area contributed by atoms with Crippen LogP contribution in [0.3, 0.4) is 0 Å². The fourth-order valence-corrected chi connectivity index (χ4v) is 1.10. The highest BCUT2D eigenvalue weighted by molar-refractivity contribution is 5.31. The van der Waals surface area contributed by atoms with Gasteiger partial charge in [0.1, 0.15) is 6.10 Å². The van der Waals surface area contributed by atoms with Gasteiger partial charge in [0.25, 0.3) is 0 Å². The molecule has 0 aromatic heterocycles. The lowest BCUT2D eigenvalue weighted by molar-refractivity contribution is 0.0219. The number of rotatable bonds is 3. The van der Waals surface area contributed by atoms with Gasteiger partial charge < -0.3 is 21.1 Å². The SMILES string of the molecule is NCC(O)C(O)c1cccc(O)c1F. The highest BCUT2D eigenvalue weighted by Crippen LogP contribution is 2.25. The Bertz CT molecular complexity index is 319. The summed E-state index contributed by atoms with van der Waals surface area (Å²) < 4.78 is 13.2. The van der Waals surface area contributed by atoms with Crippen LogP contribution in [0, 0.1) is 5.82 Å². The van der Waals surface area contributed by atoms with E-state index in [1.807, 2.05) is 0 Å². The van der Waals surface area contributed by atoms with E-state index in [1.165, 1.54) is 12.1 Å². The van der Waals surface area contributed by atoms with Gasteiger partial charge in [0.2, 0.25) is 0 Å². The molecule has 0 amide bonds. The molecule has 1 rings (SSSR count). The summed E-state index contributed by atoms with van der Waals surface area (Å²) in [7, 11) is 0. The smallest absolute Gasteiger partial charge is 0.170 e. The molecule has 2 atom stereocenters. The summed E-state index contributed by atoms with van der Waals surface area (Å²) in [5.41, 5.74) is 4.94. The Kier molecular flexibility index (Phi) is 3.40. The number of hydrogen-bond donors (Lipinski definition) is 4. The van der Waals surface area contributed by atoms with Crippen LogP contribution >= 0.6 is 0 Å². The maximum atomic E-state index is 13.2. The van der Waals surface area contributed by atoms with E-state index in [0.29, 0.717) is 0 Å². The first-order valence-corrected chi connectivity index (χ1v) is 4.11. The number of aliphatic hydroxyl groups is 2. The lowest BCUT2D eigenvalue weighted by Crippen LogP contribution is -2.27. The normalized spacial score (nSPS) is 15.1. The summed E-state index contributed by atoms with van der Waals surface area (Å²) in [6, 6.07) is 3.80. The lowest BCUT2D eigenvalue weighted by atomic mass is 10.0. The third-order valence-corrected chi connectivity index (χ3v) is 1.93. The Morgan fingerprint density at radius 1 is 1.36 bits per heavy atom. The van der Waals surface area contributed by atoms with E-state index in [1.54, 1.807) is 0 Å². The van der Waals surface area contributed by atoms with Gasteiger partial charge in [0, 0.05) is 12.1 Å². The molecular formula is C9H12FNO3. The minimum Gasteiger partial charge on any atom is -0.505 e. The maximum Gasteiger partial charge on any atom is 0.170 e. The Balaban J connectivity index is 3.01. The van der Waals surface area contributed by atoms with Crippen molar-refractivity contribution in [3.05, 3.63) is 29.6 Å². The topological polar surface area (TPSA) is 86.7 Å². The van der Waals surface area contributed by atoms with Gasteiger partial charge in [-0.25, -0.2) is 4.39 Å². The first-order chi connectivity index (χ1) is 6.57. The number of halogens is 1. The fraction of sp³-hybridized carbons (Fsp3) is 0.333. The first kappa shape index (κ1) is 10.9. The molecule has 0 radical (unpaired) electrons. The molecule has 4 nitrogen and oxygen atoms in total. The molecule has 0 fully saturated rings. The summed E-state index contributed by atoms with van der Waals surface area (Å²) >= 11 is 0. The predicted octanol–water partition coefficient (Wildman–Crippen LogP) is -0.116. The minimum absolute atomic E-state index is 0.164. The van der Waals surface area contributed by atoms with E-state index >= 15 is 0 Å². The van der Waals surface area contributed by atoms with E-state index in [-0.39, 0.29) is 12.1 Å². The van der Waals surface area contributed by atoms with Crippen LogP contribution in [-0.4, -0.2) is 28.0 Å². The van der Waals surface area contributed by atoms with Crippen molar-refractivity contribution in [1.82, 2.24) is 0 Å². The standard InChI is InChI=1S/C9H12FNO3/c10-8-5(2-1-3-6(8)12)9(14)7(13)4-11/h1-3,7,9,12-14H,4,11H2. The van der Waals surface area contributed by atoms with Gasteiger partial charge in [-0.2, -0.15) is 0 Å². The number of aromatic hydroxyl groups is 1. The van der Waals surface area contributed by atoms with Gasteiger partial charge in [0.15, 0.2) is 11.6 Å². The summed E-state index contributed by atoms with van der Waals surface area (Å²) in [6.07, 6.45) is -2.67. The van der Waals surface area contributed by atoms with Crippen molar-refractivity contribution >= 4 is 0 Å². The van der Waals surface area contributed by atoms with Crippen LogP contribution in [0.1, 0.15) is 11.7 Å².